The second-order valence-corrected chi connectivity index (χ2v) is 5.79. The third-order valence-corrected chi connectivity index (χ3v) is 3.88. The van der Waals surface area contributed by atoms with Gasteiger partial charge in [0.1, 0.15) is 0 Å². The van der Waals surface area contributed by atoms with Crippen LogP contribution in [-0.4, -0.2) is 22.3 Å². The number of nitro groups is 1. The molecule has 0 spiro atoms. The average Bonchev–Trinajstić information content (AvgIpc) is 2.61. The zero-order chi connectivity index (χ0) is 18.4. The maximum atomic E-state index is 12.8. The number of rotatable bonds is 6. The molecule has 0 radical (unpaired) electrons. The highest BCUT2D eigenvalue weighted by Crippen LogP contribution is 2.20. The Morgan fingerprint density at radius 1 is 1.24 bits per heavy atom. The van der Waals surface area contributed by atoms with Crippen LogP contribution in [0, 0.1) is 28.4 Å². The first-order valence-electron chi connectivity index (χ1n) is 7.99. The standard InChI is InChI=1S/C19H19N3O3/c1-3-10-21(13-16-6-4-15(12-20)5-7-16)19(23)17-8-9-18(22(24)25)14(2)11-17/h4-9,11H,3,10,13H2,1-2H3. The van der Waals surface area contributed by atoms with Crippen molar-refractivity contribution < 1.29 is 9.72 Å². The van der Waals surface area contributed by atoms with Crippen LogP contribution in [0.5, 0.6) is 0 Å². The van der Waals surface area contributed by atoms with Crippen LogP contribution in [0.25, 0.3) is 0 Å². The number of aryl methyl sites for hydroxylation is 1. The van der Waals surface area contributed by atoms with Gasteiger partial charge in [0.05, 0.1) is 16.6 Å². The van der Waals surface area contributed by atoms with Crippen LogP contribution in [0.3, 0.4) is 0 Å². The SMILES string of the molecule is CCCN(Cc1ccc(C#N)cc1)C(=O)c1ccc([N+](=O)[O-])c(C)c1. The molecule has 0 heterocycles. The van der Waals surface area contributed by atoms with Gasteiger partial charge in [0.2, 0.25) is 0 Å². The third kappa shape index (κ3) is 4.42. The molecule has 2 rings (SSSR count). The van der Waals surface area contributed by atoms with Crippen molar-refractivity contribution in [3.8, 4) is 6.07 Å². The third-order valence-electron chi connectivity index (χ3n) is 3.88. The summed E-state index contributed by atoms with van der Waals surface area (Å²) in [6.45, 7) is 4.61. The highest BCUT2D eigenvalue weighted by Gasteiger charge is 2.18. The Hall–Kier alpha value is -3.20. The fourth-order valence-electron chi connectivity index (χ4n) is 2.60. The van der Waals surface area contributed by atoms with Gasteiger partial charge in [-0.15, -0.1) is 0 Å². The molecular formula is C19H19N3O3. The van der Waals surface area contributed by atoms with Crippen molar-refractivity contribution in [1.82, 2.24) is 4.90 Å². The van der Waals surface area contributed by atoms with E-state index in [4.69, 9.17) is 5.26 Å². The van der Waals surface area contributed by atoms with Gasteiger partial charge in [-0.2, -0.15) is 5.26 Å². The Labute approximate surface area is 146 Å². The molecule has 0 fully saturated rings. The molecule has 0 aliphatic rings. The number of nitro benzene ring substituents is 1. The Balaban J connectivity index is 2.23. The van der Waals surface area contributed by atoms with Crippen LogP contribution in [0.4, 0.5) is 5.69 Å². The fourth-order valence-corrected chi connectivity index (χ4v) is 2.60. The van der Waals surface area contributed by atoms with Crippen molar-refractivity contribution in [2.24, 2.45) is 0 Å². The molecule has 2 aromatic carbocycles. The summed E-state index contributed by atoms with van der Waals surface area (Å²) in [5.74, 6) is -0.163. The van der Waals surface area contributed by atoms with E-state index in [1.807, 2.05) is 19.1 Å². The van der Waals surface area contributed by atoms with E-state index in [-0.39, 0.29) is 11.6 Å². The summed E-state index contributed by atoms with van der Waals surface area (Å²) < 4.78 is 0. The van der Waals surface area contributed by atoms with Crippen molar-refractivity contribution in [2.45, 2.75) is 26.8 Å². The molecule has 0 aliphatic carbocycles. The van der Waals surface area contributed by atoms with Gasteiger partial charge in [0.25, 0.3) is 11.6 Å². The molecule has 128 valence electrons. The number of carbonyl (C=O) groups is 1. The number of amides is 1. The van der Waals surface area contributed by atoms with E-state index in [2.05, 4.69) is 6.07 Å². The minimum atomic E-state index is -0.454. The van der Waals surface area contributed by atoms with Crippen molar-refractivity contribution in [3.63, 3.8) is 0 Å². The quantitative estimate of drug-likeness (QED) is 0.592. The summed E-state index contributed by atoms with van der Waals surface area (Å²) in [4.78, 5) is 25.0. The predicted molar refractivity (Wildman–Crippen MR) is 94.0 cm³/mol. The number of benzene rings is 2. The summed E-state index contributed by atoms with van der Waals surface area (Å²) in [6.07, 6.45) is 0.800. The topological polar surface area (TPSA) is 87.2 Å². The first-order chi connectivity index (χ1) is 12.0. The second kappa shape index (κ2) is 8.06. The van der Waals surface area contributed by atoms with Crippen LogP contribution >= 0.6 is 0 Å². The molecule has 25 heavy (non-hydrogen) atoms. The largest absolute Gasteiger partial charge is 0.334 e. The van der Waals surface area contributed by atoms with Crippen molar-refractivity contribution >= 4 is 11.6 Å². The molecule has 0 bridgehead atoms. The molecule has 2 aromatic rings. The normalized spacial score (nSPS) is 10.1. The van der Waals surface area contributed by atoms with E-state index in [0.717, 1.165) is 12.0 Å². The zero-order valence-corrected chi connectivity index (χ0v) is 14.2. The summed E-state index contributed by atoms with van der Waals surface area (Å²) in [5.41, 5.74) is 2.41. The zero-order valence-electron chi connectivity index (χ0n) is 14.2. The highest BCUT2D eigenvalue weighted by molar-refractivity contribution is 5.94. The van der Waals surface area contributed by atoms with Crippen LogP contribution in [0.1, 0.15) is 40.4 Å². The minimum Gasteiger partial charge on any atom is -0.334 e. The molecule has 0 aromatic heterocycles. The van der Waals surface area contributed by atoms with Gasteiger partial charge in [-0.1, -0.05) is 19.1 Å². The van der Waals surface area contributed by atoms with Gasteiger partial charge in [-0.25, -0.2) is 0 Å². The van der Waals surface area contributed by atoms with Gasteiger partial charge in [-0.05, 0) is 43.2 Å². The number of nitrogens with zero attached hydrogens (tertiary/aromatic N) is 3. The second-order valence-electron chi connectivity index (χ2n) is 5.79. The van der Waals surface area contributed by atoms with Crippen molar-refractivity contribution in [1.29, 1.82) is 5.26 Å². The summed E-state index contributed by atoms with van der Waals surface area (Å²) in [6, 6.07) is 13.6. The summed E-state index contributed by atoms with van der Waals surface area (Å²) in [7, 11) is 0. The van der Waals surface area contributed by atoms with Gasteiger partial charge >= 0.3 is 0 Å². The lowest BCUT2D eigenvalue weighted by molar-refractivity contribution is -0.385. The Morgan fingerprint density at radius 2 is 1.92 bits per heavy atom. The molecule has 6 nitrogen and oxygen atoms in total. The predicted octanol–water partition coefficient (Wildman–Crippen LogP) is 3.83. The molecule has 0 atom stereocenters. The summed E-state index contributed by atoms with van der Waals surface area (Å²) >= 11 is 0. The van der Waals surface area contributed by atoms with Gasteiger partial charge in [0, 0.05) is 30.3 Å². The van der Waals surface area contributed by atoms with E-state index < -0.39 is 4.92 Å². The Morgan fingerprint density at radius 3 is 2.44 bits per heavy atom. The molecule has 0 unspecified atom stereocenters. The molecule has 1 amide bonds. The van der Waals surface area contributed by atoms with E-state index in [9.17, 15) is 14.9 Å². The van der Waals surface area contributed by atoms with Gasteiger partial charge < -0.3 is 4.90 Å². The lowest BCUT2D eigenvalue weighted by Gasteiger charge is -2.22. The molecule has 6 heteroatoms. The van der Waals surface area contributed by atoms with Crippen molar-refractivity contribution in [2.75, 3.05) is 6.54 Å². The number of nitriles is 1. The first kappa shape index (κ1) is 18.1. The summed E-state index contributed by atoms with van der Waals surface area (Å²) in [5, 5.41) is 19.8. The lowest BCUT2D eigenvalue weighted by Crippen LogP contribution is -2.31. The van der Waals surface area contributed by atoms with Crippen LogP contribution in [-0.2, 0) is 6.54 Å². The van der Waals surface area contributed by atoms with E-state index in [0.29, 0.717) is 29.8 Å². The molecule has 0 saturated carbocycles. The Bertz CT molecular complexity index is 823. The monoisotopic (exact) mass is 337 g/mol. The number of carbonyl (C=O) groups excluding carboxylic acids is 1. The first-order valence-corrected chi connectivity index (χ1v) is 7.99. The molecule has 0 N–H and O–H groups in total. The number of hydrogen-bond donors (Lipinski definition) is 0. The Kier molecular flexibility index (Phi) is 5.85. The van der Waals surface area contributed by atoms with Crippen LogP contribution in [0.2, 0.25) is 0 Å². The maximum Gasteiger partial charge on any atom is 0.272 e. The molecule has 0 aliphatic heterocycles. The van der Waals surface area contributed by atoms with Gasteiger partial charge in [-0.3, -0.25) is 14.9 Å². The van der Waals surface area contributed by atoms with Gasteiger partial charge in [0.15, 0.2) is 0 Å². The lowest BCUT2D eigenvalue weighted by atomic mass is 10.1. The minimum absolute atomic E-state index is 0.00526. The number of hydrogen-bond acceptors (Lipinski definition) is 4. The van der Waals surface area contributed by atoms with Crippen molar-refractivity contribution in [3.05, 3.63) is 74.8 Å². The maximum absolute atomic E-state index is 12.8. The van der Waals surface area contributed by atoms with Crippen LogP contribution in [0.15, 0.2) is 42.5 Å². The molecule has 0 saturated heterocycles. The van der Waals surface area contributed by atoms with E-state index in [1.165, 1.54) is 12.1 Å². The fraction of sp³-hybridized carbons (Fsp3) is 0.263. The molecular weight excluding hydrogens is 318 g/mol. The average molecular weight is 337 g/mol. The van der Waals surface area contributed by atoms with Crippen LogP contribution < -0.4 is 0 Å². The van der Waals surface area contributed by atoms with E-state index in [1.54, 1.807) is 30.0 Å². The smallest absolute Gasteiger partial charge is 0.272 e. The van der Waals surface area contributed by atoms with E-state index >= 15 is 0 Å². The highest BCUT2D eigenvalue weighted by atomic mass is 16.6.